The summed E-state index contributed by atoms with van der Waals surface area (Å²) in [5.41, 5.74) is 1.54. The summed E-state index contributed by atoms with van der Waals surface area (Å²) in [4.78, 5) is 23.8. The molecule has 32 heavy (non-hydrogen) atoms. The third-order valence-electron chi connectivity index (χ3n) is 6.47. The van der Waals surface area contributed by atoms with Crippen LogP contribution in [0.5, 0.6) is 11.5 Å². The average Bonchev–Trinajstić information content (AvgIpc) is 3.42. The van der Waals surface area contributed by atoms with E-state index in [4.69, 9.17) is 14.0 Å². The monoisotopic (exact) mass is 433 g/mol. The van der Waals surface area contributed by atoms with Crippen molar-refractivity contribution >= 4 is 11.7 Å². The van der Waals surface area contributed by atoms with Gasteiger partial charge in [0.05, 0.1) is 0 Å². The van der Waals surface area contributed by atoms with Crippen molar-refractivity contribution in [1.29, 1.82) is 0 Å². The van der Waals surface area contributed by atoms with Crippen LogP contribution in [-0.4, -0.2) is 51.4 Å². The maximum absolute atomic E-state index is 13.1. The summed E-state index contributed by atoms with van der Waals surface area (Å²) >= 11 is 0. The Balaban J connectivity index is 1.14. The Morgan fingerprint density at radius 3 is 2.66 bits per heavy atom. The molecule has 2 amide bonds. The van der Waals surface area contributed by atoms with E-state index in [0.29, 0.717) is 42.1 Å². The Morgan fingerprint density at radius 2 is 1.88 bits per heavy atom. The quantitative estimate of drug-likeness (QED) is 0.669. The molecule has 6 rings (SSSR count). The van der Waals surface area contributed by atoms with Crippen LogP contribution in [0.15, 0.2) is 47.2 Å². The maximum atomic E-state index is 13.1. The van der Waals surface area contributed by atoms with Gasteiger partial charge in [0.15, 0.2) is 11.5 Å². The van der Waals surface area contributed by atoms with Gasteiger partial charge < -0.3 is 24.2 Å². The van der Waals surface area contributed by atoms with Crippen LogP contribution in [0.3, 0.4) is 0 Å². The number of carbonyl (C=O) groups excluding carboxylic acids is 1. The van der Waals surface area contributed by atoms with Crippen molar-refractivity contribution in [1.82, 2.24) is 20.0 Å². The number of fused-ring (bicyclic) bond motifs is 3. The lowest BCUT2D eigenvalue weighted by molar-refractivity contribution is 0.140. The number of urea groups is 1. The molecule has 0 radical (unpaired) electrons. The predicted octanol–water partition coefficient (Wildman–Crippen LogP) is 3.85. The third kappa shape index (κ3) is 3.43. The molecular weight excluding hydrogens is 410 g/mol. The smallest absolute Gasteiger partial charge is 0.322 e. The minimum Gasteiger partial charge on any atom is -0.486 e. The summed E-state index contributed by atoms with van der Waals surface area (Å²) in [6.07, 6.45) is 7.05. The molecule has 1 aromatic carbocycles. The van der Waals surface area contributed by atoms with Crippen LogP contribution >= 0.6 is 0 Å². The fraction of sp³-hybridized carbons (Fsp3) is 0.391. The first kappa shape index (κ1) is 19.1. The molecule has 2 aromatic heterocycles. The molecule has 1 unspecified atom stereocenters. The second-order valence-corrected chi connectivity index (χ2v) is 8.45. The standard InChI is InChI=1S/C23H23N5O4/c29-23(25-16-3-6-19-20(12-16)31-9-8-30-19)28-17-4-5-18(28)11-15(10-17)22-26-21(27-32-22)14-2-1-7-24-13-14/h1-3,6-7,12-13,15,17-18H,4-5,8-11H2,(H,25,29)/t15?,17-,18+. The van der Waals surface area contributed by atoms with Gasteiger partial charge in [-0.2, -0.15) is 4.98 Å². The number of nitrogens with one attached hydrogen (secondary N) is 1. The van der Waals surface area contributed by atoms with Crippen molar-refractivity contribution in [2.75, 3.05) is 18.5 Å². The van der Waals surface area contributed by atoms with E-state index in [-0.39, 0.29) is 24.0 Å². The zero-order valence-corrected chi connectivity index (χ0v) is 17.4. The van der Waals surface area contributed by atoms with Crippen molar-refractivity contribution in [3.05, 3.63) is 48.6 Å². The van der Waals surface area contributed by atoms with Crippen LogP contribution in [0.2, 0.25) is 0 Å². The van der Waals surface area contributed by atoms with E-state index in [9.17, 15) is 4.79 Å². The number of pyridine rings is 1. The Hall–Kier alpha value is -3.62. The molecule has 0 saturated carbocycles. The lowest BCUT2D eigenvalue weighted by atomic mass is 9.91. The molecular formula is C23H23N5O4. The number of hydrogen-bond donors (Lipinski definition) is 1. The number of carbonyl (C=O) groups is 1. The molecule has 3 aliphatic heterocycles. The number of anilines is 1. The number of benzene rings is 1. The van der Waals surface area contributed by atoms with E-state index in [1.807, 2.05) is 35.2 Å². The molecule has 3 aliphatic rings. The number of hydrogen-bond acceptors (Lipinski definition) is 7. The second kappa shape index (κ2) is 7.81. The van der Waals surface area contributed by atoms with E-state index < -0.39 is 0 Å². The Bertz CT molecular complexity index is 1120. The van der Waals surface area contributed by atoms with Gasteiger partial charge in [-0.05, 0) is 49.9 Å². The molecule has 164 valence electrons. The molecule has 9 nitrogen and oxygen atoms in total. The van der Waals surface area contributed by atoms with Gasteiger partial charge in [0.1, 0.15) is 13.2 Å². The van der Waals surface area contributed by atoms with Crippen molar-refractivity contribution in [3.8, 4) is 22.9 Å². The van der Waals surface area contributed by atoms with E-state index in [1.54, 1.807) is 12.4 Å². The highest BCUT2D eigenvalue weighted by Crippen LogP contribution is 2.43. The molecule has 3 atom stereocenters. The van der Waals surface area contributed by atoms with Crippen LogP contribution in [0, 0.1) is 0 Å². The Labute approximate surface area is 184 Å². The number of amides is 2. The first-order chi connectivity index (χ1) is 15.7. The number of rotatable bonds is 3. The van der Waals surface area contributed by atoms with Gasteiger partial charge in [0.2, 0.25) is 11.7 Å². The van der Waals surface area contributed by atoms with Crippen molar-refractivity contribution in [3.63, 3.8) is 0 Å². The summed E-state index contributed by atoms with van der Waals surface area (Å²) in [5.74, 6) is 2.73. The molecule has 2 fully saturated rings. The molecule has 2 saturated heterocycles. The number of piperidine rings is 1. The van der Waals surface area contributed by atoms with Gasteiger partial charge in [-0.25, -0.2) is 4.79 Å². The highest BCUT2D eigenvalue weighted by molar-refractivity contribution is 5.90. The topological polar surface area (TPSA) is 103 Å². The maximum Gasteiger partial charge on any atom is 0.322 e. The van der Waals surface area contributed by atoms with Gasteiger partial charge in [-0.15, -0.1) is 0 Å². The molecule has 0 aliphatic carbocycles. The Morgan fingerprint density at radius 1 is 1.06 bits per heavy atom. The molecule has 3 aromatic rings. The van der Waals surface area contributed by atoms with Crippen LogP contribution in [0.1, 0.15) is 37.5 Å². The fourth-order valence-electron chi connectivity index (χ4n) is 5.03. The number of ether oxygens (including phenoxy) is 2. The first-order valence-electron chi connectivity index (χ1n) is 11.0. The predicted molar refractivity (Wildman–Crippen MR) is 115 cm³/mol. The van der Waals surface area contributed by atoms with Crippen LogP contribution in [0.25, 0.3) is 11.4 Å². The van der Waals surface area contributed by atoms with Crippen molar-refractivity contribution < 1.29 is 18.8 Å². The van der Waals surface area contributed by atoms with Gasteiger partial charge >= 0.3 is 6.03 Å². The van der Waals surface area contributed by atoms with Crippen LogP contribution < -0.4 is 14.8 Å². The zero-order valence-electron chi connectivity index (χ0n) is 17.4. The lowest BCUT2D eigenvalue weighted by Gasteiger charge is -2.37. The van der Waals surface area contributed by atoms with E-state index >= 15 is 0 Å². The molecule has 0 spiro atoms. The molecule has 2 bridgehead atoms. The molecule has 1 N–H and O–H groups in total. The second-order valence-electron chi connectivity index (χ2n) is 8.45. The largest absolute Gasteiger partial charge is 0.486 e. The molecule has 9 heteroatoms. The number of nitrogens with zero attached hydrogens (tertiary/aromatic N) is 4. The zero-order chi connectivity index (χ0) is 21.5. The van der Waals surface area contributed by atoms with Gasteiger partial charge in [0.25, 0.3) is 0 Å². The minimum absolute atomic E-state index is 0.0748. The highest BCUT2D eigenvalue weighted by atomic mass is 16.6. The van der Waals surface area contributed by atoms with Gasteiger partial charge in [0, 0.05) is 47.7 Å². The summed E-state index contributed by atoms with van der Waals surface area (Å²) < 4.78 is 16.8. The van der Waals surface area contributed by atoms with Crippen molar-refractivity contribution in [2.45, 2.75) is 43.7 Å². The van der Waals surface area contributed by atoms with Crippen LogP contribution in [-0.2, 0) is 0 Å². The lowest BCUT2D eigenvalue weighted by Crippen LogP contribution is -2.48. The summed E-state index contributed by atoms with van der Waals surface area (Å²) in [6, 6.07) is 9.50. The third-order valence-corrected chi connectivity index (χ3v) is 6.47. The van der Waals surface area contributed by atoms with E-state index in [0.717, 1.165) is 31.2 Å². The van der Waals surface area contributed by atoms with Crippen molar-refractivity contribution in [2.24, 2.45) is 0 Å². The van der Waals surface area contributed by atoms with E-state index in [2.05, 4.69) is 20.4 Å². The van der Waals surface area contributed by atoms with Gasteiger partial charge in [-0.1, -0.05) is 5.16 Å². The van der Waals surface area contributed by atoms with E-state index in [1.165, 1.54) is 0 Å². The molecule has 5 heterocycles. The normalized spacial score (nSPS) is 23.8. The van der Waals surface area contributed by atoms with Crippen LogP contribution in [0.4, 0.5) is 10.5 Å². The fourth-order valence-corrected chi connectivity index (χ4v) is 5.03. The Kier molecular flexibility index (Phi) is 4.66. The summed E-state index contributed by atoms with van der Waals surface area (Å²) in [5, 5.41) is 7.17. The van der Waals surface area contributed by atoms with Gasteiger partial charge in [-0.3, -0.25) is 4.98 Å². The highest BCUT2D eigenvalue weighted by Gasteiger charge is 2.45. The SMILES string of the molecule is O=C(Nc1ccc2c(c1)OCCO2)N1[C@@H]2CC[C@H]1CC(c1nc(-c3cccnc3)no1)C2. The average molecular weight is 433 g/mol. The first-order valence-corrected chi connectivity index (χ1v) is 11.0. The summed E-state index contributed by atoms with van der Waals surface area (Å²) in [6.45, 7) is 1.06. The summed E-state index contributed by atoms with van der Waals surface area (Å²) in [7, 11) is 0. The minimum atomic E-state index is -0.0748. The number of aromatic nitrogens is 3.